The van der Waals surface area contributed by atoms with E-state index in [9.17, 15) is 15.2 Å². The Balaban J connectivity index is 2.24. The van der Waals surface area contributed by atoms with Gasteiger partial charge in [-0.15, -0.1) is 0 Å². The lowest BCUT2D eigenvalue weighted by Crippen LogP contribution is -2.49. The highest BCUT2D eigenvalue weighted by atomic mass is 16.6. The van der Waals surface area contributed by atoms with Gasteiger partial charge in [0.05, 0.1) is 11.0 Å². The van der Waals surface area contributed by atoms with Crippen molar-refractivity contribution in [1.29, 1.82) is 0 Å². The third-order valence-corrected chi connectivity index (χ3v) is 3.33. The lowest BCUT2D eigenvalue weighted by molar-refractivity contribution is -0.384. The van der Waals surface area contributed by atoms with Gasteiger partial charge in [-0.2, -0.15) is 0 Å². The van der Waals surface area contributed by atoms with Crippen LogP contribution in [0.25, 0.3) is 0 Å². The molecular formula is C11H14N2O3. The summed E-state index contributed by atoms with van der Waals surface area (Å²) in [5.74, 6) is 0. The van der Waals surface area contributed by atoms with Crippen LogP contribution >= 0.6 is 0 Å². The Bertz CT molecular complexity index is 396. The summed E-state index contributed by atoms with van der Waals surface area (Å²) in [6.45, 7) is 0.460. The monoisotopic (exact) mass is 222 g/mol. The molecule has 1 saturated carbocycles. The van der Waals surface area contributed by atoms with Crippen LogP contribution in [0, 0.1) is 10.1 Å². The Labute approximate surface area is 93.0 Å². The molecule has 0 spiro atoms. The van der Waals surface area contributed by atoms with Gasteiger partial charge in [0, 0.05) is 24.1 Å². The summed E-state index contributed by atoms with van der Waals surface area (Å²) >= 11 is 0. The molecular weight excluding hydrogens is 208 g/mol. The zero-order valence-corrected chi connectivity index (χ0v) is 8.80. The Kier molecular flexibility index (Phi) is 2.65. The van der Waals surface area contributed by atoms with Crippen LogP contribution in [-0.2, 0) is 5.41 Å². The first-order chi connectivity index (χ1) is 7.57. The van der Waals surface area contributed by atoms with E-state index in [0.29, 0.717) is 19.4 Å². The van der Waals surface area contributed by atoms with Gasteiger partial charge in [0.15, 0.2) is 0 Å². The number of nitrogens with zero attached hydrogens (tertiary/aromatic N) is 1. The summed E-state index contributed by atoms with van der Waals surface area (Å²) in [6.07, 6.45) is 0.988. The Morgan fingerprint density at radius 3 is 2.38 bits per heavy atom. The first-order valence-corrected chi connectivity index (χ1v) is 5.20. The van der Waals surface area contributed by atoms with Crippen LogP contribution in [0.4, 0.5) is 5.69 Å². The second-order valence-corrected chi connectivity index (χ2v) is 4.35. The number of nitrogens with two attached hydrogens (primary N) is 1. The van der Waals surface area contributed by atoms with E-state index in [1.165, 1.54) is 12.1 Å². The normalized spacial score (nSPS) is 28.5. The van der Waals surface area contributed by atoms with Crippen molar-refractivity contribution in [1.82, 2.24) is 0 Å². The second-order valence-electron chi connectivity index (χ2n) is 4.35. The third kappa shape index (κ3) is 1.68. The summed E-state index contributed by atoms with van der Waals surface area (Å²) in [4.78, 5) is 10.1. The van der Waals surface area contributed by atoms with E-state index < -0.39 is 4.92 Å². The zero-order valence-electron chi connectivity index (χ0n) is 8.80. The molecule has 1 aromatic rings. The molecule has 5 heteroatoms. The highest BCUT2D eigenvalue weighted by Crippen LogP contribution is 2.43. The lowest BCUT2D eigenvalue weighted by Gasteiger charge is -2.45. The fraction of sp³-hybridized carbons (Fsp3) is 0.455. The molecule has 0 aliphatic heterocycles. The number of hydrogen-bond acceptors (Lipinski definition) is 4. The molecule has 86 valence electrons. The molecule has 1 aliphatic carbocycles. The van der Waals surface area contributed by atoms with Gasteiger partial charge in [-0.05, 0) is 18.4 Å². The summed E-state index contributed by atoms with van der Waals surface area (Å²) in [5, 5.41) is 19.9. The van der Waals surface area contributed by atoms with Crippen LogP contribution in [0.2, 0.25) is 0 Å². The van der Waals surface area contributed by atoms with E-state index in [1.807, 2.05) is 0 Å². The van der Waals surface area contributed by atoms with Gasteiger partial charge < -0.3 is 10.8 Å². The number of benzene rings is 1. The van der Waals surface area contributed by atoms with Crippen LogP contribution in [0.1, 0.15) is 18.4 Å². The van der Waals surface area contributed by atoms with E-state index in [4.69, 9.17) is 5.73 Å². The summed E-state index contributed by atoms with van der Waals surface area (Å²) < 4.78 is 0. The van der Waals surface area contributed by atoms with Crippen molar-refractivity contribution >= 4 is 5.69 Å². The van der Waals surface area contributed by atoms with Crippen LogP contribution in [-0.4, -0.2) is 22.7 Å². The predicted octanol–water partition coefficient (Wildman–Crippen LogP) is 0.946. The molecule has 0 radical (unpaired) electrons. The van der Waals surface area contributed by atoms with Crippen LogP contribution < -0.4 is 5.73 Å². The molecule has 0 saturated heterocycles. The zero-order chi connectivity index (χ0) is 11.8. The number of hydrogen-bond donors (Lipinski definition) is 2. The molecule has 0 atom stereocenters. The number of nitro groups is 1. The number of non-ortho nitro benzene ring substituents is 1. The maximum absolute atomic E-state index is 10.5. The highest BCUT2D eigenvalue weighted by Gasteiger charge is 2.43. The third-order valence-electron chi connectivity index (χ3n) is 3.33. The maximum Gasteiger partial charge on any atom is 0.269 e. The summed E-state index contributed by atoms with van der Waals surface area (Å²) in [6, 6.07) is 6.43. The van der Waals surface area contributed by atoms with Crippen molar-refractivity contribution in [2.24, 2.45) is 5.73 Å². The number of aliphatic hydroxyl groups excluding tert-OH is 1. The average molecular weight is 222 g/mol. The Morgan fingerprint density at radius 2 is 2.00 bits per heavy atom. The fourth-order valence-corrected chi connectivity index (χ4v) is 2.30. The van der Waals surface area contributed by atoms with Gasteiger partial charge in [-0.25, -0.2) is 0 Å². The first-order valence-electron chi connectivity index (χ1n) is 5.20. The maximum atomic E-state index is 10.5. The highest BCUT2D eigenvalue weighted by molar-refractivity contribution is 5.38. The Hall–Kier alpha value is -1.46. The summed E-state index contributed by atoms with van der Waals surface area (Å²) in [7, 11) is 0. The minimum Gasteiger partial charge on any atom is -0.393 e. The molecule has 3 N–H and O–H groups in total. The molecule has 2 rings (SSSR count). The quantitative estimate of drug-likeness (QED) is 0.588. The molecule has 5 nitrogen and oxygen atoms in total. The molecule has 1 fully saturated rings. The standard InChI is InChI=1S/C11H14N2O3/c12-7-11(5-10(14)6-11)8-1-3-9(4-2-8)13(15)16/h1-4,10,14H,5-7,12H2. The van der Waals surface area contributed by atoms with Crippen LogP contribution in [0.5, 0.6) is 0 Å². The van der Waals surface area contributed by atoms with Crippen molar-refractivity contribution in [3.05, 3.63) is 39.9 Å². The molecule has 1 aromatic carbocycles. The van der Waals surface area contributed by atoms with Gasteiger partial charge in [-0.1, -0.05) is 12.1 Å². The second kappa shape index (κ2) is 3.84. The van der Waals surface area contributed by atoms with Gasteiger partial charge in [0.25, 0.3) is 5.69 Å². The van der Waals surface area contributed by atoms with Crippen molar-refractivity contribution in [3.63, 3.8) is 0 Å². The SMILES string of the molecule is NCC1(c2ccc([N+](=O)[O-])cc2)CC(O)C1. The molecule has 0 unspecified atom stereocenters. The minimum atomic E-state index is -0.422. The number of aliphatic hydroxyl groups is 1. The van der Waals surface area contributed by atoms with Gasteiger partial charge >= 0.3 is 0 Å². The smallest absolute Gasteiger partial charge is 0.269 e. The fourth-order valence-electron chi connectivity index (χ4n) is 2.30. The minimum absolute atomic E-state index is 0.0794. The predicted molar refractivity (Wildman–Crippen MR) is 59.1 cm³/mol. The van der Waals surface area contributed by atoms with Crippen molar-refractivity contribution in [2.45, 2.75) is 24.4 Å². The number of nitro benzene ring substituents is 1. The van der Waals surface area contributed by atoms with Crippen molar-refractivity contribution in [3.8, 4) is 0 Å². The first kappa shape index (κ1) is 11.0. The van der Waals surface area contributed by atoms with Crippen molar-refractivity contribution in [2.75, 3.05) is 6.54 Å². The van der Waals surface area contributed by atoms with Gasteiger partial charge in [0.1, 0.15) is 0 Å². The van der Waals surface area contributed by atoms with Crippen LogP contribution in [0.3, 0.4) is 0 Å². The molecule has 0 bridgehead atoms. The van der Waals surface area contributed by atoms with E-state index in [1.54, 1.807) is 12.1 Å². The summed E-state index contributed by atoms with van der Waals surface area (Å²) in [5.41, 5.74) is 6.59. The van der Waals surface area contributed by atoms with Gasteiger partial charge in [-0.3, -0.25) is 10.1 Å². The van der Waals surface area contributed by atoms with Gasteiger partial charge in [0.2, 0.25) is 0 Å². The molecule has 16 heavy (non-hydrogen) atoms. The molecule has 0 amide bonds. The van der Waals surface area contributed by atoms with E-state index in [0.717, 1.165) is 5.56 Å². The van der Waals surface area contributed by atoms with Crippen LogP contribution in [0.15, 0.2) is 24.3 Å². The molecule has 0 aromatic heterocycles. The van der Waals surface area contributed by atoms with E-state index in [-0.39, 0.29) is 17.2 Å². The topological polar surface area (TPSA) is 89.4 Å². The Morgan fingerprint density at radius 1 is 1.44 bits per heavy atom. The largest absolute Gasteiger partial charge is 0.393 e. The lowest BCUT2D eigenvalue weighted by atomic mass is 9.63. The average Bonchev–Trinajstić information content (AvgIpc) is 2.24. The number of rotatable bonds is 3. The molecule has 0 heterocycles. The van der Waals surface area contributed by atoms with Crippen molar-refractivity contribution < 1.29 is 10.0 Å². The van der Waals surface area contributed by atoms with E-state index in [2.05, 4.69) is 0 Å². The molecule has 1 aliphatic rings. The van der Waals surface area contributed by atoms with E-state index >= 15 is 0 Å².